The largest absolute Gasteiger partial charge is 0.417 e. The summed E-state index contributed by atoms with van der Waals surface area (Å²) in [5.74, 6) is 2.44. The molecule has 0 aromatic carbocycles. The molecule has 0 amide bonds. The van der Waals surface area contributed by atoms with Crippen LogP contribution in [0.3, 0.4) is 0 Å². The highest BCUT2D eigenvalue weighted by Gasteiger charge is 2.50. The summed E-state index contributed by atoms with van der Waals surface area (Å²) >= 11 is 0. The van der Waals surface area contributed by atoms with Crippen LogP contribution in [0, 0.1) is 23.2 Å². The van der Waals surface area contributed by atoms with E-state index in [0.29, 0.717) is 5.41 Å². The fraction of sp³-hybridized carbons (Fsp3) is 0.860. The Kier molecular flexibility index (Phi) is 13.8. The number of fused-ring (bicyclic) bond motifs is 1. The second kappa shape index (κ2) is 15.6. The number of rotatable bonds is 11. The fourth-order valence-electron chi connectivity index (χ4n) is 8.17. The summed E-state index contributed by atoms with van der Waals surface area (Å²) in [7, 11) is -5.91. The van der Waals surface area contributed by atoms with Gasteiger partial charge in [0.15, 0.2) is 25.0 Å². The molecule has 0 aromatic rings. The first kappa shape index (κ1) is 43.2. The summed E-state index contributed by atoms with van der Waals surface area (Å²) in [5, 5.41) is 0.498. The zero-order valence-electron chi connectivity index (χ0n) is 35.9. The predicted molar refractivity (Wildman–Crippen MR) is 223 cm³/mol. The van der Waals surface area contributed by atoms with Crippen molar-refractivity contribution < 1.29 is 13.3 Å². The SMILES string of the molecule is CC[C@H](C)C1CCC2/C(=C/C=C3C[C@@H](O[Si](C)(C)C(C)(C)C)C(=CCCO[Si](C)(C)C(C)(C)C)[C@H](O[Si](C)(C)C(C)(C)C)C3)CCC[C@@]21C. The van der Waals surface area contributed by atoms with Gasteiger partial charge in [0.25, 0.3) is 0 Å². The quantitative estimate of drug-likeness (QED) is 0.120. The van der Waals surface area contributed by atoms with Gasteiger partial charge in [0, 0.05) is 6.61 Å². The van der Waals surface area contributed by atoms with Crippen LogP contribution in [0.1, 0.15) is 141 Å². The normalized spacial score (nSPS) is 29.3. The van der Waals surface area contributed by atoms with Crippen LogP contribution in [0.4, 0.5) is 0 Å². The highest BCUT2D eigenvalue weighted by atomic mass is 28.4. The van der Waals surface area contributed by atoms with Crippen molar-refractivity contribution in [2.24, 2.45) is 23.2 Å². The molecule has 2 unspecified atom stereocenters. The minimum absolute atomic E-state index is 0.0554. The van der Waals surface area contributed by atoms with Crippen LogP contribution < -0.4 is 0 Å². The lowest BCUT2D eigenvalue weighted by Gasteiger charge is -2.46. The highest BCUT2D eigenvalue weighted by Crippen LogP contribution is 2.60. The van der Waals surface area contributed by atoms with E-state index < -0.39 is 25.0 Å². The first-order chi connectivity index (χ1) is 22.2. The molecule has 0 N–H and O–H groups in total. The Morgan fingerprint density at radius 2 is 1.29 bits per heavy atom. The third-order valence-electron chi connectivity index (χ3n) is 14.8. The van der Waals surface area contributed by atoms with Crippen molar-refractivity contribution in [2.75, 3.05) is 6.61 Å². The lowest BCUT2D eigenvalue weighted by Crippen LogP contribution is -2.50. The second-order valence-electron chi connectivity index (χ2n) is 21.3. The van der Waals surface area contributed by atoms with Crippen molar-refractivity contribution in [3.8, 4) is 0 Å². The van der Waals surface area contributed by atoms with Gasteiger partial charge < -0.3 is 13.3 Å². The van der Waals surface area contributed by atoms with Crippen LogP contribution in [0.25, 0.3) is 0 Å². The number of hydrogen-bond donors (Lipinski definition) is 0. The standard InChI is InChI=1S/C43H82O3Si3/c1-19-32(2)36-26-27-37-34(22-20-28-43(36,37)12)25-24-33-30-38(45-48(15,16)41(6,7)8)35(23-21-29-44-47(13,14)40(3,4)5)39(31-33)46-49(17,18)42(9,10)11/h23-25,32,36-39H,19-22,26-31H2,1-18H3/b33-24?,34-25+,35-23?/t32-,36?,37?,38+,39+,43+/m0/s1. The summed E-state index contributed by atoms with van der Waals surface area (Å²) < 4.78 is 21.5. The van der Waals surface area contributed by atoms with Gasteiger partial charge in [-0.05, 0) is 135 Å². The van der Waals surface area contributed by atoms with E-state index in [0.717, 1.165) is 43.6 Å². The third kappa shape index (κ3) is 10.0. The van der Waals surface area contributed by atoms with Gasteiger partial charge in [0.1, 0.15) is 0 Å². The maximum Gasteiger partial charge on any atom is 0.192 e. The van der Waals surface area contributed by atoms with Crippen molar-refractivity contribution in [1.82, 2.24) is 0 Å². The van der Waals surface area contributed by atoms with E-state index in [1.165, 1.54) is 49.7 Å². The molecule has 3 saturated carbocycles. The van der Waals surface area contributed by atoms with Crippen LogP contribution in [0.15, 0.2) is 34.9 Å². The Bertz CT molecular complexity index is 1160. The molecule has 3 rings (SSSR count). The lowest BCUT2D eigenvalue weighted by atomic mass is 9.61. The maximum atomic E-state index is 7.41. The molecule has 0 radical (unpaired) electrons. The summed E-state index contributed by atoms with van der Waals surface area (Å²) in [4.78, 5) is 0. The summed E-state index contributed by atoms with van der Waals surface area (Å²) in [6, 6.07) is 0. The summed E-state index contributed by atoms with van der Waals surface area (Å²) in [6.45, 7) is 44.0. The smallest absolute Gasteiger partial charge is 0.192 e. The molecular formula is C43H82O3Si3. The van der Waals surface area contributed by atoms with Gasteiger partial charge in [-0.15, -0.1) is 0 Å². The minimum Gasteiger partial charge on any atom is -0.417 e. The monoisotopic (exact) mass is 731 g/mol. The first-order valence-corrected chi connectivity index (χ1v) is 29.0. The van der Waals surface area contributed by atoms with Gasteiger partial charge in [0.05, 0.1) is 12.2 Å². The topological polar surface area (TPSA) is 27.7 Å². The molecular weight excluding hydrogens is 649 g/mol. The zero-order chi connectivity index (χ0) is 37.4. The third-order valence-corrected chi connectivity index (χ3v) is 28.3. The lowest BCUT2D eigenvalue weighted by molar-refractivity contribution is 0.0961. The molecule has 6 atom stereocenters. The van der Waals surface area contributed by atoms with Gasteiger partial charge >= 0.3 is 0 Å². The molecule has 0 aliphatic heterocycles. The predicted octanol–water partition coefficient (Wildman–Crippen LogP) is 14.0. The number of allylic oxidation sites excluding steroid dienone is 3. The molecule has 0 bridgehead atoms. The Hall–Kier alpha value is -0.249. The van der Waals surface area contributed by atoms with Gasteiger partial charge in [-0.25, -0.2) is 0 Å². The average molecular weight is 731 g/mol. The van der Waals surface area contributed by atoms with Gasteiger partial charge in [-0.3, -0.25) is 0 Å². The van der Waals surface area contributed by atoms with Crippen LogP contribution in [0.5, 0.6) is 0 Å². The van der Waals surface area contributed by atoms with Crippen LogP contribution in [-0.4, -0.2) is 43.8 Å². The van der Waals surface area contributed by atoms with Gasteiger partial charge in [-0.1, -0.05) is 119 Å². The molecule has 3 fully saturated rings. The van der Waals surface area contributed by atoms with E-state index in [-0.39, 0.29) is 27.3 Å². The molecule has 284 valence electrons. The highest BCUT2D eigenvalue weighted by molar-refractivity contribution is 6.75. The van der Waals surface area contributed by atoms with Gasteiger partial charge in [0.2, 0.25) is 0 Å². The molecule has 49 heavy (non-hydrogen) atoms. The summed E-state index contributed by atoms with van der Waals surface area (Å²) in [5.41, 5.74) is 5.09. The second-order valence-corrected chi connectivity index (χ2v) is 35.6. The van der Waals surface area contributed by atoms with Crippen molar-refractivity contribution in [3.05, 3.63) is 34.9 Å². The molecule has 3 nitrogen and oxygen atoms in total. The molecule has 0 saturated heterocycles. The zero-order valence-corrected chi connectivity index (χ0v) is 38.9. The van der Waals surface area contributed by atoms with E-state index >= 15 is 0 Å². The molecule has 3 aliphatic rings. The van der Waals surface area contributed by atoms with Crippen molar-refractivity contribution in [1.29, 1.82) is 0 Å². The van der Waals surface area contributed by atoms with Gasteiger partial charge in [-0.2, -0.15) is 0 Å². The molecule has 0 aromatic heterocycles. The van der Waals surface area contributed by atoms with Crippen LogP contribution >= 0.6 is 0 Å². The Balaban J connectivity index is 2.03. The van der Waals surface area contributed by atoms with E-state index in [2.05, 4.69) is 141 Å². The Labute approximate surface area is 309 Å². The van der Waals surface area contributed by atoms with Crippen molar-refractivity contribution in [3.63, 3.8) is 0 Å². The van der Waals surface area contributed by atoms with Crippen molar-refractivity contribution in [2.45, 2.75) is 207 Å². The summed E-state index contributed by atoms with van der Waals surface area (Å²) in [6.07, 6.45) is 18.7. The van der Waals surface area contributed by atoms with Crippen LogP contribution in [0.2, 0.25) is 54.4 Å². The molecule has 0 spiro atoms. The Morgan fingerprint density at radius 1 is 0.776 bits per heavy atom. The van der Waals surface area contributed by atoms with Crippen molar-refractivity contribution >= 4 is 25.0 Å². The molecule has 6 heteroatoms. The van der Waals surface area contributed by atoms with E-state index in [4.69, 9.17) is 13.3 Å². The van der Waals surface area contributed by atoms with Crippen LogP contribution in [-0.2, 0) is 13.3 Å². The molecule has 0 heterocycles. The van der Waals surface area contributed by atoms with E-state index in [9.17, 15) is 0 Å². The minimum atomic E-state index is -2.05. The molecule has 3 aliphatic carbocycles. The average Bonchev–Trinajstić information content (AvgIpc) is 3.30. The van der Waals surface area contributed by atoms with E-state index in [1.54, 1.807) is 5.57 Å². The maximum absolute atomic E-state index is 7.41. The fourth-order valence-corrected chi connectivity index (χ4v) is 11.8. The Morgan fingerprint density at radius 3 is 1.76 bits per heavy atom. The first-order valence-electron chi connectivity index (χ1n) is 20.2. The van der Waals surface area contributed by atoms with E-state index in [1.807, 2.05) is 0 Å². The number of hydrogen-bond acceptors (Lipinski definition) is 3.